The Balaban J connectivity index is 3.95. The van der Waals surface area contributed by atoms with Gasteiger partial charge in [-0.2, -0.15) is 0 Å². The van der Waals surface area contributed by atoms with E-state index in [9.17, 15) is 4.79 Å². The number of nitrogens with two attached hydrogens (primary N) is 1. The van der Waals surface area contributed by atoms with Crippen LogP contribution in [0.2, 0.25) is 0 Å². The molecule has 0 aromatic rings. The fraction of sp³-hybridized carbons (Fsp3) is 0.778. The van der Waals surface area contributed by atoms with Gasteiger partial charge in [-0.1, -0.05) is 13.3 Å². The highest BCUT2D eigenvalue weighted by atomic mass is 32.1. The quantitative estimate of drug-likeness (QED) is 0.383. The lowest BCUT2D eigenvalue weighted by molar-refractivity contribution is 0.205. The molecule has 0 radical (unpaired) electrons. The summed E-state index contributed by atoms with van der Waals surface area (Å²) in [5, 5.41) is 4.33. The average molecular weight is 232 g/mol. The summed E-state index contributed by atoms with van der Waals surface area (Å²) >= 11 is 4.81. The molecule has 0 aliphatic carbocycles. The molecule has 0 bridgehead atoms. The van der Waals surface area contributed by atoms with E-state index in [0.29, 0.717) is 6.54 Å². The monoisotopic (exact) mass is 232 g/mol. The van der Waals surface area contributed by atoms with E-state index in [2.05, 4.69) is 17.7 Å². The summed E-state index contributed by atoms with van der Waals surface area (Å²) in [5.41, 5.74) is 8.05. The van der Waals surface area contributed by atoms with Gasteiger partial charge >= 0.3 is 6.03 Å². The predicted molar refractivity (Wildman–Crippen MR) is 65.2 cm³/mol. The van der Waals surface area contributed by atoms with E-state index in [1.54, 1.807) is 0 Å². The first-order valence-corrected chi connectivity index (χ1v) is 5.53. The lowest BCUT2D eigenvalue weighted by Gasteiger charge is -2.27. The second-order valence-electron chi connectivity index (χ2n) is 3.52. The number of amides is 2. The highest BCUT2D eigenvalue weighted by molar-refractivity contribution is 7.80. The van der Waals surface area contributed by atoms with E-state index in [-0.39, 0.29) is 17.2 Å². The van der Waals surface area contributed by atoms with E-state index in [0.717, 1.165) is 12.8 Å². The number of carbonyl (C=O) groups excluding carboxylic acids is 1. The van der Waals surface area contributed by atoms with Crippen LogP contribution in [0.4, 0.5) is 4.79 Å². The lowest BCUT2D eigenvalue weighted by atomic mass is 10.3. The molecule has 0 unspecified atom stereocenters. The lowest BCUT2D eigenvalue weighted by Crippen LogP contribution is -2.55. The SMILES string of the molecule is CCCCNC(=O)NN(C(N)=S)C(C)C. The molecule has 0 aliphatic rings. The molecule has 4 N–H and O–H groups in total. The van der Waals surface area contributed by atoms with Gasteiger partial charge in [0.25, 0.3) is 0 Å². The average Bonchev–Trinajstić information content (AvgIpc) is 2.13. The Morgan fingerprint density at radius 2 is 2.13 bits per heavy atom. The summed E-state index contributed by atoms with van der Waals surface area (Å²) in [6, 6.07) is -0.232. The van der Waals surface area contributed by atoms with Gasteiger partial charge in [0, 0.05) is 12.6 Å². The second-order valence-corrected chi connectivity index (χ2v) is 3.94. The number of urea groups is 1. The third-order valence-corrected chi connectivity index (χ3v) is 1.99. The maximum absolute atomic E-state index is 11.4. The van der Waals surface area contributed by atoms with Gasteiger partial charge in [-0.3, -0.25) is 5.01 Å². The minimum atomic E-state index is -0.273. The zero-order valence-electron chi connectivity index (χ0n) is 9.54. The molecule has 0 fully saturated rings. The van der Waals surface area contributed by atoms with Crippen LogP contribution in [0.5, 0.6) is 0 Å². The molecule has 0 spiro atoms. The van der Waals surface area contributed by atoms with Gasteiger partial charge in [0.05, 0.1) is 0 Å². The Labute approximate surface area is 96.3 Å². The molecule has 0 saturated carbocycles. The van der Waals surface area contributed by atoms with Gasteiger partial charge in [-0.05, 0) is 32.5 Å². The van der Waals surface area contributed by atoms with E-state index in [1.165, 1.54) is 5.01 Å². The van der Waals surface area contributed by atoms with Crippen LogP contribution in [-0.2, 0) is 0 Å². The van der Waals surface area contributed by atoms with Crippen LogP contribution in [-0.4, -0.2) is 28.7 Å². The van der Waals surface area contributed by atoms with Crippen molar-refractivity contribution in [1.29, 1.82) is 0 Å². The molecule has 0 atom stereocenters. The first-order chi connectivity index (χ1) is 6.99. The number of unbranched alkanes of at least 4 members (excludes halogenated alkanes) is 1. The largest absolute Gasteiger partial charge is 0.375 e. The van der Waals surface area contributed by atoms with Crippen LogP contribution < -0.4 is 16.5 Å². The van der Waals surface area contributed by atoms with Crippen molar-refractivity contribution in [1.82, 2.24) is 15.8 Å². The number of hydrogen-bond acceptors (Lipinski definition) is 2. The molecular formula is C9H20N4OS. The number of nitrogens with zero attached hydrogens (tertiary/aromatic N) is 1. The Hall–Kier alpha value is -1.04. The molecule has 2 amide bonds. The first kappa shape index (κ1) is 14.0. The summed E-state index contributed by atoms with van der Waals surface area (Å²) in [4.78, 5) is 11.4. The zero-order valence-corrected chi connectivity index (χ0v) is 10.4. The van der Waals surface area contributed by atoms with Crippen molar-refractivity contribution in [3.8, 4) is 0 Å². The van der Waals surface area contributed by atoms with Gasteiger partial charge in [0.1, 0.15) is 0 Å². The van der Waals surface area contributed by atoms with Crippen LogP contribution in [0.15, 0.2) is 0 Å². The van der Waals surface area contributed by atoms with E-state index in [1.807, 2.05) is 13.8 Å². The fourth-order valence-electron chi connectivity index (χ4n) is 0.966. The van der Waals surface area contributed by atoms with E-state index >= 15 is 0 Å². The molecule has 15 heavy (non-hydrogen) atoms. The van der Waals surface area contributed by atoms with Gasteiger partial charge in [0.2, 0.25) is 0 Å². The van der Waals surface area contributed by atoms with E-state index in [4.69, 9.17) is 18.0 Å². The van der Waals surface area contributed by atoms with Crippen molar-refractivity contribution in [2.75, 3.05) is 6.54 Å². The number of hydrogen-bond donors (Lipinski definition) is 3. The standard InChI is InChI=1S/C9H20N4OS/c1-4-5-6-11-9(14)12-13(7(2)3)8(10)15/h7H,4-6H2,1-3H3,(H2,10,15)(H2,11,12,14). The fourth-order valence-corrected chi connectivity index (χ4v) is 1.22. The predicted octanol–water partition coefficient (Wildman–Crippen LogP) is 0.955. The Morgan fingerprint density at radius 1 is 1.53 bits per heavy atom. The number of nitrogens with one attached hydrogen (secondary N) is 2. The highest BCUT2D eigenvalue weighted by Gasteiger charge is 2.12. The molecule has 0 rings (SSSR count). The van der Waals surface area contributed by atoms with E-state index < -0.39 is 0 Å². The number of carbonyl (C=O) groups is 1. The normalized spacial score (nSPS) is 9.87. The highest BCUT2D eigenvalue weighted by Crippen LogP contribution is 1.93. The van der Waals surface area contributed by atoms with Gasteiger partial charge < -0.3 is 11.1 Å². The van der Waals surface area contributed by atoms with Gasteiger partial charge in [0.15, 0.2) is 5.11 Å². The van der Waals surface area contributed by atoms with Crippen molar-refractivity contribution in [2.45, 2.75) is 39.7 Å². The minimum absolute atomic E-state index is 0.0411. The maximum Gasteiger partial charge on any atom is 0.333 e. The third kappa shape index (κ3) is 6.11. The molecule has 0 saturated heterocycles. The Bertz CT molecular complexity index is 220. The molecule has 5 nitrogen and oxygen atoms in total. The second kappa shape index (κ2) is 7.28. The molecule has 0 heterocycles. The van der Waals surface area contributed by atoms with Crippen molar-refractivity contribution in [2.24, 2.45) is 5.73 Å². The summed E-state index contributed by atoms with van der Waals surface area (Å²) < 4.78 is 0. The summed E-state index contributed by atoms with van der Waals surface area (Å²) in [7, 11) is 0. The smallest absolute Gasteiger partial charge is 0.333 e. The van der Waals surface area contributed by atoms with Crippen LogP contribution in [0, 0.1) is 0 Å². The van der Waals surface area contributed by atoms with Crippen molar-refractivity contribution < 1.29 is 4.79 Å². The molecule has 0 aromatic heterocycles. The van der Waals surface area contributed by atoms with Crippen LogP contribution in [0.1, 0.15) is 33.6 Å². The van der Waals surface area contributed by atoms with Gasteiger partial charge in [-0.25, -0.2) is 10.2 Å². The molecule has 0 aromatic carbocycles. The number of hydrazine groups is 1. The summed E-state index contributed by atoms with van der Waals surface area (Å²) in [6.45, 7) is 6.51. The molecule has 88 valence electrons. The Kier molecular flexibility index (Phi) is 6.77. The molecule has 6 heteroatoms. The molecule has 0 aliphatic heterocycles. The maximum atomic E-state index is 11.4. The van der Waals surface area contributed by atoms with Crippen LogP contribution >= 0.6 is 12.2 Å². The topological polar surface area (TPSA) is 70.4 Å². The van der Waals surface area contributed by atoms with Crippen LogP contribution in [0.3, 0.4) is 0 Å². The number of thiocarbonyl (C=S) groups is 1. The van der Waals surface area contributed by atoms with Crippen molar-refractivity contribution in [3.63, 3.8) is 0 Å². The van der Waals surface area contributed by atoms with Crippen molar-refractivity contribution in [3.05, 3.63) is 0 Å². The Morgan fingerprint density at radius 3 is 2.53 bits per heavy atom. The molecular weight excluding hydrogens is 212 g/mol. The minimum Gasteiger partial charge on any atom is -0.375 e. The summed E-state index contributed by atoms with van der Waals surface area (Å²) in [6.07, 6.45) is 2.01. The summed E-state index contributed by atoms with van der Waals surface area (Å²) in [5.74, 6) is 0. The third-order valence-electron chi connectivity index (χ3n) is 1.79. The van der Waals surface area contributed by atoms with Gasteiger partial charge in [-0.15, -0.1) is 0 Å². The number of rotatable bonds is 4. The van der Waals surface area contributed by atoms with Crippen LogP contribution in [0.25, 0.3) is 0 Å². The van der Waals surface area contributed by atoms with Crippen molar-refractivity contribution >= 4 is 23.4 Å². The first-order valence-electron chi connectivity index (χ1n) is 5.12. The zero-order chi connectivity index (χ0) is 11.8.